The molecule has 0 saturated heterocycles. The average molecular weight is 181 g/mol. The van der Waals surface area contributed by atoms with Crippen LogP contribution in [0.15, 0.2) is 11.6 Å². The normalized spacial score (nSPS) is 37.7. The van der Waals surface area contributed by atoms with Crippen LogP contribution in [0.5, 0.6) is 0 Å². The first kappa shape index (κ1) is 9.22. The number of hydrogen-bond acceptors (Lipinski definition) is 2. The minimum Gasteiger partial charge on any atom is -0.305 e. The van der Waals surface area contributed by atoms with Gasteiger partial charge < -0.3 is 4.84 Å². The molecule has 2 nitrogen and oxygen atoms in total. The molecule has 74 valence electrons. The SMILES string of the molecule is CC1CC2=CCC(CCON)(C2)C1. The fraction of sp³-hybridized carbons (Fsp3) is 0.818. The van der Waals surface area contributed by atoms with E-state index in [1.807, 2.05) is 0 Å². The van der Waals surface area contributed by atoms with Crippen molar-refractivity contribution in [2.45, 2.75) is 39.0 Å². The minimum atomic E-state index is 0.520. The summed E-state index contributed by atoms with van der Waals surface area (Å²) in [4.78, 5) is 4.70. The number of rotatable bonds is 3. The molecular weight excluding hydrogens is 162 g/mol. The van der Waals surface area contributed by atoms with E-state index < -0.39 is 0 Å². The molecule has 0 spiro atoms. The van der Waals surface area contributed by atoms with Crippen molar-refractivity contribution in [1.29, 1.82) is 0 Å². The Hall–Kier alpha value is -0.340. The molecule has 0 radical (unpaired) electrons. The second kappa shape index (κ2) is 3.43. The third-order valence-electron chi connectivity index (χ3n) is 3.57. The molecule has 0 heterocycles. The average Bonchev–Trinajstić information content (AvgIpc) is 2.40. The molecule has 0 aromatic rings. The zero-order chi connectivity index (χ0) is 9.31. The van der Waals surface area contributed by atoms with E-state index in [2.05, 4.69) is 13.0 Å². The van der Waals surface area contributed by atoms with Gasteiger partial charge in [0.15, 0.2) is 0 Å². The summed E-state index contributed by atoms with van der Waals surface area (Å²) < 4.78 is 0. The van der Waals surface area contributed by atoms with Crippen LogP contribution in [0.1, 0.15) is 39.0 Å². The zero-order valence-corrected chi connectivity index (χ0v) is 8.38. The lowest BCUT2D eigenvalue weighted by atomic mass is 9.69. The number of fused-ring (bicyclic) bond motifs is 2. The van der Waals surface area contributed by atoms with Gasteiger partial charge in [-0.15, -0.1) is 0 Å². The molecule has 2 aliphatic carbocycles. The van der Waals surface area contributed by atoms with Crippen molar-refractivity contribution >= 4 is 0 Å². The van der Waals surface area contributed by atoms with Gasteiger partial charge >= 0.3 is 0 Å². The van der Waals surface area contributed by atoms with E-state index in [0.717, 1.165) is 12.3 Å². The maximum atomic E-state index is 5.09. The van der Waals surface area contributed by atoms with Gasteiger partial charge in [0, 0.05) is 0 Å². The Balaban J connectivity index is 1.99. The van der Waals surface area contributed by atoms with E-state index in [0.29, 0.717) is 12.0 Å². The quantitative estimate of drug-likeness (QED) is 0.536. The molecule has 13 heavy (non-hydrogen) atoms. The number of nitrogens with two attached hydrogens (primary N) is 1. The van der Waals surface area contributed by atoms with E-state index in [1.54, 1.807) is 5.57 Å². The summed E-state index contributed by atoms with van der Waals surface area (Å²) >= 11 is 0. The maximum absolute atomic E-state index is 5.09. The van der Waals surface area contributed by atoms with Crippen LogP contribution in [-0.2, 0) is 4.84 Å². The Bertz CT molecular complexity index is 224. The number of hydrogen-bond donors (Lipinski definition) is 1. The first-order valence-corrected chi connectivity index (χ1v) is 5.24. The van der Waals surface area contributed by atoms with E-state index in [4.69, 9.17) is 10.7 Å². The summed E-state index contributed by atoms with van der Waals surface area (Å²) in [5.74, 6) is 5.95. The van der Waals surface area contributed by atoms with E-state index in [-0.39, 0.29) is 0 Å². The van der Waals surface area contributed by atoms with Crippen molar-refractivity contribution < 1.29 is 4.84 Å². The summed E-state index contributed by atoms with van der Waals surface area (Å²) in [6.07, 6.45) is 8.83. The Kier molecular flexibility index (Phi) is 2.43. The predicted molar refractivity (Wildman–Crippen MR) is 52.9 cm³/mol. The minimum absolute atomic E-state index is 0.520. The standard InChI is InChI=1S/C11H19NO/c1-9-6-10-2-3-11(7-9,8-10)4-5-13-12/h2,9H,3-8,12H2,1H3. The molecule has 0 aliphatic heterocycles. The predicted octanol–water partition coefficient (Wildman–Crippen LogP) is 2.40. The number of allylic oxidation sites excluding steroid dienone is 2. The van der Waals surface area contributed by atoms with Crippen molar-refractivity contribution in [2.75, 3.05) is 6.61 Å². The third-order valence-corrected chi connectivity index (χ3v) is 3.57. The van der Waals surface area contributed by atoms with E-state index in [9.17, 15) is 0 Å². The molecule has 2 bridgehead atoms. The van der Waals surface area contributed by atoms with Gasteiger partial charge in [0.25, 0.3) is 0 Å². The fourth-order valence-corrected chi connectivity index (χ4v) is 3.12. The van der Waals surface area contributed by atoms with Gasteiger partial charge in [0.1, 0.15) is 0 Å². The largest absolute Gasteiger partial charge is 0.305 e. The lowest BCUT2D eigenvalue weighted by Gasteiger charge is -2.36. The topological polar surface area (TPSA) is 35.2 Å². The summed E-state index contributed by atoms with van der Waals surface area (Å²) in [5, 5.41) is 0. The van der Waals surface area contributed by atoms with Gasteiger partial charge in [-0.05, 0) is 43.4 Å². The molecule has 0 amide bonds. The zero-order valence-electron chi connectivity index (χ0n) is 8.38. The van der Waals surface area contributed by atoms with Crippen LogP contribution in [0.3, 0.4) is 0 Å². The smallest absolute Gasteiger partial charge is 0.0684 e. The molecule has 2 atom stereocenters. The molecule has 2 rings (SSSR count). The summed E-state index contributed by atoms with van der Waals surface area (Å²) in [6, 6.07) is 0. The molecule has 2 aliphatic rings. The van der Waals surface area contributed by atoms with Gasteiger partial charge in [0.05, 0.1) is 6.61 Å². The monoisotopic (exact) mass is 181 g/mol. The van der Waals surface area contributed by atoms with Gasteiger partial charge in [0.2, 0.25) is 0 Å². The van der Waals surface area contributed by atoms with E-state index in [1.165, 1.54) is 25.7 Å². The van der Waals surface area contributed by atoms with Crippen molar-refractivity contribution in [3.05, 3.63) is 11.6 Å². The Morgan fingerprint density at radius 2 is 2.54 bits per heavy atom. The van der Waals surface area contributed by atoms with Gasteiger partial charge in [-0.1, -0.05) is 18.6 Å². The van der Waals surface area contributed by atoms with Crippen LogP contribution in [0.2, 0.25) is 0 Å². The molecule has 2 unspecified atom stereocenters. The van der Waals surface area contributed by atoms with Crippen molar-refractivity contribution in [2.24, 2.45) is 17.2 Å². The highest BCUT2D eigenvalue weighted by Gasteiger charge is 2.39. The van der Waals surface area contributed by atoms with Crippen LogP contribution in [0, 0.1) is 11.3 Å². The fourth-order valence-electron chi connectivity index (χ4n) is 3.12. The van der Waals surface area contributed by atoms with Crippen LogP contribution in [0.25, 0.3) is 0 Å². The van der Waals surface area contributed by atoms with Gasteiger partial charge in [-0.2, -0.15) is 0 Å². The molecule has 2 N–H and O–H groups in total. The molecule has 0 aromatic heterocycles. The summed E-state index contributed by atoms with van der Waals surface area (Å²) in [7, 11) is 0. The van der Waals surface area contributed by atoms with Crippen LogP contribution >= 0.6 is 0 Å². The van der Waals surface area contributed by atoms with E-state index >= 15 is 0 Å². The van der Waals surface area contributed by atoms with Gasteiger partial charge in [-0.25, -0.2) is 5.90 Å². The van der Waals surface area contributed by atoms with Crippen molar-refractivity contribution in [1.82, 2.24) is 0 Å². The Morgan fingerprint density at radius 1 is 1.69 bits per heavy atom. The van der Waals surface area contributed by atoms with Crippen molar-refractivity contribution in [3.63, 3.8) is 0 Å². The summed E-state index contributed by atoms with van der Waals surface area (Å²) in [6.45, 7) is 3.07. The first-order chi connectivity index (χ1) is 6.24. The highest BCUT2D eigenvalue weighted by Crippen LogP contribution is 2.51. The summed E-state index contributed by atoms with van der Waals surface area (Å²) in [5.41, 5.74) is 2.20. The lowest BCUT2D eigenvalue weighted by Crippen LogP contribution is -2.26. The van der Waals surface area contributed by atoms with Crippen LogP contribution in [0.4, 0.5) is 0 Å². The van der Waals surface area contributed by atoms with Crippen LogP contribution < -0.4 is 5.90 Å². The molecule has 2 heteroatoms. The third kappa shape index (κ3) is 1.79. The Morgan fingerprint density at radius 3 is 3.31 bits per heavy atom. The molecule has 1 fully saturated rings. The Labute approximate surface area is 80.1 Å². The highest BCUT2D eigenvalue weighted by molar-refractivity contribution is 5.19. The lowest BCUT2D eigenvalue weighted by molar-refractivity contribution is 0.0812. The molecule has 0 aromatic carbocycles. The maximum Gasteiger partial charge on any atom is 0.0684 e. The first-order valence-electron chi connectivity index (χ1n) is 5.24. The van der Waals surface area contributed by atoms with Crippen LogP contribution in [-0.4, -0.2) is 6.61 Å². The molecule has 1 saturated carbocycles. The second-order valence-corrected chi connectivity index (χ2v) is 4.88. The second-order valence-electron chi connectivity index (χ2n) is 4.88. The van der Waals surface area contributed by atoms with Gasteiger partial charge in [-0.3, -0.25) is 0 Å². The van der Waals surface area contributed by atoms with Crippen molar-refractivity contribution in [3.8, 4) is 0 Å². The molecular formula is C11H19NO. The highest BCUT2D eigenvalue weighted by atomic mass is 16.6.